The van der Waals surface area contributed by atoms with Crippen LogP contribution in [0.5, 0.6) is 0 Å². The minimum absolute atomic E-state index is 0.0122. The molecule has 132 valence electrons. The second-order valence-electron chi connectivity index (χ2n) is 6.42. The number of rotatable bonds is 5. The Hall–Kier alpha value is -2.54. The van der Waals surface area contributed by atoms with E-state index >= 15 is 0 Å². The van der Waals surface area contributed by atoms with Crippen LogP contribution in [0.2, 0.25) is 0 Å². The van der Waals surface area contributed by atoms with Gasteiger partial charge in [0.05, 0.1) is 12.2 Å². The van der Waals surface area contributed by atoms with Gasteiger partial charge in [0.2, 0.25) is 5.95 Å². The van der Waals surface area contributed by atoms with Gasteiger partial charge in [-0.15, -0.1) is 0 Å². The van der Waals surface area contributed by atoms with Crippen molar-refractivity contribution >= 4 is 17.5 Å². The summed E-state index contributed by atoms with van der Waals surface area (Å²) >= 11 is 0. The maximum atomic E-state index is 12.7. The summed E-state index contributed by atoms with van der Waals surface area (Å²) in [7, 11) is 0. The Morgan fingerprint density at radius 2 is 1.76 bits per heavy atom. The number of aryl methyl sites for hydroxylation is 1. The van der Waals surface area contributed by atoms with Crippen molar-refractivity contribution in [1.82, 2.24) is 19.9 Å². The summed E-state index contributed by atoms with van der Waals surface area (Å²) in [5.41, 5.74) is 2.71. The Morgan fingerprint density at radius 1 is 1.12 bits per heavy atom. The highest BCUT2D eigenvalue weighted by Crippen LogP contribution is 2.19. The molecular formula is C18H23N5O2. The SMILES string of the molecule is CC(=O)c1c(C)[nH]c(C(=O)CN2CCN(c3ncccn3)CC2)c1C. The highest BCUT2D eigenvalue weighted by Gasteiger charge is 2.24. The highest BCUT2D eigenvalue weighted by atomic mass is 16.1. The third-order valence-electron chi connectivity index (χ3n) is 4.64. The molecule has 1 saturated heterocycles. The molecule has 0 atom stereocenters. The van der Waals surface area contributed by atoms with Gasteiger partial charge in [-0.05, 0) is 32.4 Å². The van der Waals surface area contributed by atoms with Gasteiger partial charge < -0.3 is 9.88 Å². The molecule has 3 rings (SSSR count). The van der Waals surface area contributed by atoms with E-state index in [4.69, 9.17) is 0 Å². The molecule has 3 heterocycles. The van der Waals surface area contributed by atoms with Crippen LogP contribution in [0, 0.1) is 13.8 Å². The lowest BCUT2D eigenvalue weighted by Gasteiger charge is -2.34. The molecular weight excluding hydrogens is 318 g/mol. The normalized spacial score (nSPS) is 15.4. The average Bonchev–Trinajstić information content (AvgIpc) is 2.91. The van der Waals surface area contributed by atoms with E-state index in [9.17, 15) is 9.59 Å². The molecule has 1 aliphatic heterocycles. The fraction of sp³-hybridized carbons (Fsp3) is 0.444. The first-order chi connectivity index (χ1) is 12.0. The summed E-state index contributed by atoms with van der Waals surface area (Å²) in [6.45, 7) is 8.68. The number of H-pyrrole nitrogens is 1. The Kier molecular flexibility index (Phi) is 4.94. The molecule has 1 aliphatic rings. The first kappa shape index (κ1) is 17.3. The molecule has 2 aromatic rings. The Balaban J connectivity index is 1.62. The first-order valence-corrected chi connectivity index (χ1v) is 8.45. The van der Waals surface area contributed by atoms with Gasteiger partial charge in [-0.2, -0.15) is 0 Å². The van der Waals surface area contributed by atoms with E-state index in [0.29, 0.717) is 17.8 Å². The molecule has 0 saturated carbocycles. The fourth-order valence-electron chi connectivity index (χ4n) is 3.40. The molecule has 0 bridgehead atoms. The zero-order chi connectivity index (χ0) is 18.0. The van der Waals surface area contributed by atoms with Gasteiger partial charge in [-0.3, -0.25) is 14.5 Å². The third-order valence-corrected chi connectivity index (χ3v) is 4.64. The minimum Gasteiger partial charge on any atom is -0.355 e. The number of carbonyl (C=O) groups is 2. The van der Waals surface area contributed by atoms with Crippen LogP contribution in [0.4, 0.5) is 5.95 Å². The van der Waals surface area contributed by atoms with Gasteiger partial charge in [0, 0.05) is 49.8 Å². The summed E-state index contributed by atoms with van der Waals surface area (Å²) in [5, 5.41) is 0. The van der Waals surface area contributed by atoms with Gasteiger partial charge in [-0.1, -0.05) is 0 Å². The number of anilines is 1. The largest absolute Gasteiger partial charge is 0.355 e. The number of hydrogen-bond donors (Lipinski definition) is 1. The Bertz CT molecular complexity index is 776. The standard InChI is InChI=1S/C18H23N5O2/c1-12-16(14(3)24)13(2)21-17(12)15(25)11-22-7-9-23(10-8-22)18-19-5-4-6-20-18/h4-6,21H,7-11H2,1-3H3. The molecule has 0 radical (unpaired) electrons. The van der Waals surface area contributed by atoms with E-state index in [0.717, 1.165) is 43.4 Å². The highest BCUT2D eigenvalue weighted by molar-refractivity contribution is 6.03. The maximum absolute atomic E-state index is 12.7. The van der Waals surface area contributed by atoms with E-state index in [-0.39, 0.29) is 11.6 Å². The molecule has 1 N–H and O–H groups in total. The average molecular weight is 341 g/mol. The number of nitrogens with zero attached hydrogens (tertiary/aromatic N) is 4. The number of ketones is 2. The number of piperazine rings is 1. The van der Waals surface area contributed by atoms with Crippen molar-refractivity contribution in [2.75, 3.05) is 37.6 Å². The molecule has 0 amide bonds. The molecule has 2 aromatic heterocycles. The molecule has 0 aromatic carbocycles. The zero-order valence-electron chi connectivity index (χ0n) is 14.9. The van der Waals surface area contributed by atoms with E-state index < -0.39 is 0 Å². The lowest BCUT2D eigenvalue weighted by atomic mass is 10.1. The first-order valence-electron chi connectivity index (χ1n) is 8.45. The quantitative estimate of drug-likeness (QED) is 0.833. The fourth-order valence-corrected chi connectivity index (χ4v) is 3.40. The van der Waals surface area contributed by atoms with Gasteiger partial charge in [0.25, 0.3) is 0 Å². The van der Waals surface area contributed by atoms with E-state index in [1.165, 1.54) is 6.92 Å². The van der Waals surface area contributed by atoms with Crippen LogP contribution >= 0.6 is 0 Å². The van der Waals surface area contributed by atoms with Gasteiger partial charge >= 0.3 is 0 Å². The third kappa shape index (κ3) is 3.61. The topological polar surface area (TPSA) is 82.2 Å². The predicted molar refractivity (Wildman–Crippen MR) is 95.3 cm³/mol. The summed E-state index contributed by atoms with van der Waals surface area (Å²) in [4.78, 5) is 40.3. The Labute approximate surface area is 147 Å². The molecule has 1 fully saturated rings. The van der Waals surface area contributed by atoms with Crippen LogP contribution in [-0.4, -0.2) is 64.1 Å². The van der Waals surface area contributed by atoms with Crippen molar-refractivity contribution in [2.45, 2.75) is 20.8 Å². The van der Waals surface area contributed by atoms with E-state index in [1.54, 1.807) is 18.5 Å². The van der Waals surface area contributed by atoms with E-state index in [1.807, 2.05) is 13.8 Å². The molecule has 7 heteroatoms. The maximum Gasteiger partial charge on any atom is 0.225 e. The molecule has 7 nitrogen and oxygen atoms in total. The molecule has 0 aliphatic carbocycles. The van der Waals surface area contributed by atoms with Gasteiger partial charge in [0.15, 0.2) is 11.6 Å². The second kappa shape index (κ2) is 7.14. The number of carbonyl (C=O) groups excluding carboxylic acids is 2. The minimum atomic E-state index is -0.0122. The van der Waals surface area contributed by atoms with Crippen molar-refractivity contribution in [1.29, 1.82) is 0 Å². The summed E-state index contributed by atoms with van der Waals surface area (Å²) in [6, 6.07) is 1.80. The Morgan fingerprint density at radius 3 is 2.32 bits per heavy atom. The van der Waals surface area contributed by atoms with Crippen LogP contribution in [0.1, 0.15) is 39.0 Å². The predicted octanol–water partition coefficient (Wildman–Crippen LogP) is 1.63. The number of aromatic amines is 1. The number of aromatic nitrogens is 3. The van der Waals surface area contributed by atoms with Crippen LogP contribution < -0.4 is 4.90 Å². The van der Waals surface area contributed by atoms with Crippen molar-refractivity contribution < 1.29 is 9.59 Å². The smallest absolute Gasteiger partial charge is 0.225 e. The van der Waals surface area contributed by atoms with Gasteiger partial charge in [-0.25, -0.2) is 9.97 Å². The molecule has 25 heavy (non-hydrogen) atoms. The number of Topliss-reactive ketones (excluding diaryl/α,β-unsaturated/α-hetero) is 2. The van der Waals surface area contributed by atoms with Crippen LogP contribution in [0.15, 0.2) is 18.5 Å². The lowest BCUT2D eigenvalue weighted by Crippen LogP contribution is -2.48. The summed E-state index contributed by atoms with van der Waals surface area (Å²) in [6.07, 6.45) is 3.47. The van der Waals surface area contributed by atoms with Crippen molar-refractivity contribution in [3.63, 3.8) is 0 Å². The monoisotopic (exact) mass is 341 g/mol. The van der Waals surface area contributed by atoms with Crippen LogP contribution in [0.3, 0.4) is 0 Å². The van der Waals surface area contributed by atoms with Crippen LogP contribution in [0.25, 0.3) is 0 Å². The van der Waals surface area contributed by atoms with Crippen molar-refractivity contribution in [3.8, 4) is 0 Å². The number of nitrogens with one attached hydrogen (secondary N) is 1. The van der Waals surface area contributed by atoms with Crippen LogP contribution in [-0.2, 0) is 0 Å². The summed E-state index contributed by atoms with van der Waals surface area (Å²) < 4.78 is 0. The number of hydrogen-bond acceptors (Lipinski definition) is 6. The summed E-state index contributed by atoms with van der Waals surface area (Å²) in [5.74, 6) is 0.745. The zero-order valence-corrected chi connectivity index (χ0v) is 14.9. The van der Waals surface area contributed by atoms with Crippen molar-refractivity contribution in [3.05, 3.63) is 41.0 Å². The van der Waals surface area contributed by atoms with E-state index in [2.05, 4.69) is 24.8 Å². The molecule has 0 spiro atoms. The lowest BCUT2D eigenvalue weighted by molar-refractivity contribution is 0.0921. The second-order valence-corrected chi connectivity index (χ2v) is 6.42. The molecule has 0 unspecified atom stereocenters. The van der Waals surface area contributed by atoms with Gasteiger partial charge in [0.1, 0.15) is 0 Å². The van der Waals surface area contributed by atoms with Crippen molar-refractivity contribution in [2.24, 2.45) is 0 Å².